The molecule has 8 heteroatoms. The van der Waals surface area contributed by atoms with Crippen molar-refractivity contribution in [2.24, 2.45) is 11.8 Å². The quantitative estimate of drug-likeness (QED) is 0.585. The monoisotopic (exact) mass is 474 g/mol. The summed E-state index contributed by atoms with van der Waals surface area (Å²) in [5, 5.41) is 0. The molecule has 1 fully saturated rings. The number of benzene rings is 1. The van der Waals surface area contributed by atoms with Crippen LogP contribution in [0.15, 0.2) is 36.4 Å². The summed E-state index contributed by atoms with van der Waals surface area (Å²) in [6.07, 6.45) is 3.92. The van der Waals surface area contributed by atoms with Crippen molar-refractivity contribution in [2.75, 3.05) is 25.1 Å². The number of likely N-dealkylation sites (N-methyl/N-ethyl adjacent to an activating group) is 1. The Balaban J connectivity index is 1.35. The third kappa shape index (κ3) is 4.99. The van der Waals surface area contributed by atoms with E-state index in [1.54, 1.807) is 13.1 Å². The molecule has 32 heavy (non-hydrogen) atoms. The van der Waals surface area contributed by atoms with Crippen LogP contribution in [0.4, 0.5) is 5.69 Å². The van der Waals surface area contributed by atoms with Crippen molar-refractivity contribution in [3.8, 4) is 0 Å². The molecule has 2 unspecified atom stereocenters. The van der Waals surface area contributed by atoms with E-state index in [1.807, 2.05) is 35.2 Å². The van der Waals surface area contributed by atoms with Gasteiger partial charge in [0.15, 0.2) is 6.61 Å². The van der Waals surface area contributed by atoms with E-state index in [-0.39, 0.29) is 18.4 Å². The summed E-state index contributed by atoms with van der Waals surface area (Å²) in [6, 6.07) is 11.6. The van der Waals surface area contributed by atoms with Crippen molar-refractivity contribution in [3.63, 3.8) is 0 Å². The Hall–Kier alpha value is -2.38. The normalized spacial score (nSPS) is 20.0. The number of fused-ring (bicyclic) bond motifs is 1. The van der Waals surface area contributed by atoms with Gasteiger partial charge in [0.1, 0.15) is 0 Å². The van der Waals surface area contributed by atoms with Crippen molar-refractivity contribution in [2.45, 2.75) is 38.6 Å². The predicted octanol–water partition coefficient (Wildman–Crippen LogP) is 4.30. The third-order valence-corrected chi connectivity index (χ3v) is 7.54. The van der Waals surface area contributed by atoms with Gasteiger partial charge in [-0.25, -0.2) is 0 Å². The van der Waals surface area contributed by atoms with Crippen molar-refractivity contribution < 1.29 is 19.1 Å². The van der Waals surface area contributed by atoms with Crippen LogP contribution < -0.4 is 4.90 Å². The topological polar surface area (TPSA) is 66.9 Å². The highest BCUT2D eigenvalue weighted by molar-refractivity contribution is 7.16. The van der Waals surface area contributed by atoms with Crippen molar-refractivity contribution >= 4 is 46.4 Å². The summed E-state index contributed by atoms with van der Waals surface area (Å²) >= 11 is 7.35. The summed E-state index contributed by atoms with van der Waals surface area (Å²) in [6.45, 7) is 0.734. The molecule has 1 saturated carbocycles. The number of para-hydroxylation sites is 1. The highest BCUT2D eigenvalue weighted by atomic mass is 35.5. The minimum atomic E-state index is -0.502. The lowest BCUT2D eigenvalue weighted by atomic mass is 9.78. The number of nitrogens with zero attached hydrogens (tertiary/aromatic N) is 2. The van der Waals surface area contributed by atoms with Crippen LogP contribution in [0.5, 0.6) is 0 Å². The number of esters is 1. The molecule has 0 saturated heterocycles. The third-order valence-electron chi connectivity index (χ3n) is 6.32. The van der Waals surface area contributed by atoms with Gasteiger partial charge in [-0.05, 0) is 43.0 Å². The molecule has 0 radical (unpaired) electrons. The van der Waals surface area contributed by atoms with E-state index in [0.717, 1.165) is 35.4 Å². The van der Waals surface area contributed by atoms with Crippen LogP contribution in [-0.2, 0) is 32.1 Å². The van der Waals surface area contributed by atoms with Gasteiger partial charge in [-0.2, -0.15) is 0 Å². The van der Waals surface area contributed by atoms with E-state index in [9.17, 15) is 14.4 Å². The molecule has 0 spiro atoms. The van der Waals surface area contributed by atoms with E-state index in [0.29, 0.717) is 30.3 Å². The second-order valence-electron chi connectivity index (χ2n) is 8.43. The molecule has 2 atom stereocenters. The van der Waals surface area contributed by atoms with Gasteiger partial charge in [0, 0.05) is 24.2 Å². The first-order valence-electron chi connectivity index (χ1n) is 11.0. The van der Waals surface area contributed by atoms with Crippen LogP contribution in [0.25, 0.3) is 0 Å². The van der Waals surface area contributed by atoms with Crippen molar-refractivity contribution in [1.82, 2.24) is 4.90 Å². The van der Waals surface area contributed by atoms with Gasteiger partial charge in [0.2, 0.25) is 5.91 Å². The largest absolute Gasteiger partial charge is 0.455 e. The van der Waals surface area contributed by atoms with Crippen LogP contribution >= 0.6 is 22.9 Å². The zero-order chi connectivity index (χ0) is 22.7. The van der Waals surface area contributed by atoms with Crippen LogP contribution in [0.2, 0.25) is 4.34 Å². The van der Waals surface area contributed by atoms with Gasteiger partial charge in [-0.3, -0.25) is 14.4 Å². The van der Waals surface area contributed by atoms with Gasteiger partial charge < -0.3 is 14.5 Å². The average molecular weight is 475 g/mol. The van der Waals surface area contributed by atoms with E-state index in [4.69, 9.17) is 16.3 Å². The highest BCUT2D eigenvalue weighted by Crippen LogP contribution is 2.36. The first-order valence-corrected chi connectivity index (χ1v) is 12.2. The van der Waals surface area contributed by atoms with Gasteiger partial charge in [0.25, 0.3) is 5.91 Å². The van der Waals surface area contributed by atoms with Crippen LogP contribution in [0.3, 0.4) is 0 Å². The number of anilines is 1. The maximum atomic E-state index is 13.4. The highest BCUT2D eigenvalue weighted by Gasteiger charge is 2.40. The Kier molecular flexibility index (Phi) is 7.16. The number of thiophene rings is 1. The summed E-state index contributed by atoms with van der Waals surface area (Å²) < 4.78 is 6.06. The molecule has 2 aromatic rings. The Bertz CT molecular complexity index is 1010. The van der Waals surface area contributed by atoms with Crippen LogP contribution in [-0.4, -0.2) is 42.9 Å². The molecule has 0 bridgehead atoms. The number of hydrogen-bond donors (Lipinski definition) is 0. The molecule has 2 heterocycles. The Morgan fingerprint density at radius 3 is 2.62 bits per heavy atom. The first kappa shape index (κ1) is 22.8. The summed E-state index contributed by atoms with van der Waals surface area (Å²) in [5.74, 6) is -1.64. The molecular formula is C24H27ClN2O4S. The Morgan fingerprint density at radius 1 is 1.12 bits per heavy atom. The molecule has 1 aromatic carbocycles. The Labute approximate surface area is 197 Å². The number of amides is 2. The number of ether oxygens (including phenoxy) is 1. The molecule has 0 N–H and O–H groups in total. The number of halogens is 1. The van der Waals surface area contributed by atoms with Gasteiger partial charge in [-0.15, -0.1) is 11.3 Å². The first-order chi connectivity index (χ1) is 15.4. The fraction of sp³-hybridized carbons (Fsp3) is 0.458. The van der Waals surface area contributed by atoms with Gasteiger partial charge in [-0.1, -0.05) is 42.6 Å². The Morgan fingerprint density at radius 2 is 1.88 bits per heavy atom. The molecular weight excluding hydrogens is 448 g/mol. The maximum absolute atomic E-state index is 13.4. The van der Waals surface area contributed by atoms with Gasteiger partial charge in [0.05, 0.1) is 22.7 Å². The summed E-state index contributed by atoms with van der Waals surface area (Å²) in [7, 11) is 1.67. The van der Waals surface area contributed by atoms with E-state index in [2.05, 4.69) is 0 Å². The molecule has 2 amide bonds. The van der Waals surface area contributed by atoms with E-state index >= 15 is 0 Å². The lowest BCUT2D eigenvalue weighted by Gasteiger charge is -2.32. The average Bonchev–Trinajstić information content (AvgIpc) is 3.42. The van der Waals surface area contributed by atoms with Gasteiger partial charge >= 0.3 is 5.97 Å². The van der Waals surface area contributed by atoms with Crippen molar-refractivity contribution in [3.05, 3.63) is 51.2 Å². The molecule has 1 aromatic heterocycles. The maximum Gasteiger partial charge on any atom is 0.310 e. The number of hydrogen-bond acceptors (Lipinski definition) is 5. The number of rotatable bonds is 6. The lowest BCUT2D eigenvalue weighted by molar-refractivity contribution is -0.159. The van der Waals surface area contributed by atoms with Crippen LogP contribution in [0, 0.1) is 11.8 Å². The SMILES string of the molecule is CN(Cc1ccc(Cl)s1)C(=O)COC(=O)C1CCCCC1C(=O)N1CCc2ccccc21. The molecule has 170 valence electrons. The molecule has 1 aliphatic heterocycles. The standard InChI is InChI=1S/C24H27ClN2O4S/c1-26(14-17-10-11-21(25)32-17)22(28)15-31-24(30)19-8-4-3-7-18(19)23(29)27-13-12-16-6-2-5-9-20(16)27/h2,5-6,9-11,18-19H,3-4,7-8,12-15H2,1H3. The van der Waals surface area contributed by atoms with E-state index < -0.39 is 17.8 Å². The minimum absolute atomic E-state index is 0.00498. The molecule has 2 aliphatic rings. The fourth-order valence-electron chi connectivity index (χ4n) is 4.58. The molecule has 1 aliphatic carbocycles. The van der Waals surface area contributed by atoms with E-state index in [1.165, 1.54) is 16.2 Å². The number of carbonyl (C=O) groups is 3. The minimum Gasteiger partial charge on any atom is -0.455 e. The summed E-state index contributed by atoms with van der Waals surface area (Å²) in [4.78, 5) is 43.0. The zero-order valence-electron chi connectivity index (χ0n) is 18.1. The zero-order valence-corrected chi connectivity index (χ0v) is 19.7. The second kappa shape index (κ2) is 10.0. The summed E-state index contributed by atoms with van der Waals surface area (Å²) in [5.41, 5.74) is 2.11. The smallest absolute Gasteiger partial charge is 0.310 e. The predicted molar refractivity (Wildman–Crippen MR) is 125 cm³/mol. The molecule has 6 nitrogen and oxygen atoms in total. The van der Waals surface area contributed by atoms with Crippen molar-refractivity contribution in [1.29, 1.82) is 0 Å². The fourth-order valence-corrected chi connectivity index (χ4v) is 5.73. The lowest BCUT2D eigenvalue weighted by Crippen LogP contribution is -2.43. The molecule has 4 rings (SSSR count). The number of carbonyl (C=O) groups excluding carboxylic acids is 3. The van der Waals surface area contributed by atoms with Crippen LogP contribution in [0.1, 0.15) is 36.1 Å². The second-order valence-corrected chi connectivity index (χ2v) is 10.2.